The van der Waals surface area contributed by atoms with Gasteiger partial charge < -0.3 is 0 Å². The van der Waals surface area contributed by atoms with E-state index in [2.05, 4.69) is 20.0 Å². The average Bonchev–Trinajstić information content (AvgIpc) is 3.13. The van der Waals surface area contributed by atoms with Crippen molar-refractivity contribution in [2.45, 2.75) is 49.9 Å². The lowest BCUT2D eigenvalue weighted by Crippen LogP contribution is -2.46. The zero-order valence-electron chi connectivity index (χ0n) is 11.3. The van der Waals surface area contributed by atoms with Crippen molar-refractivity contribution in [2.75, 3.05) is 13.1 Å². The molecule has 6 heteroatoms. The molecule has 0 radical (unpaired) electrons. The standard InChI is InChI=1S/C14H18N4O2/c19-11-1-3-15-7-5-8-14-10(6-9(13(7)14)17(11)15)18-12(20)2-4-16(8)18/h7-10,13-14H,1-6H2/t7-,8+,9+,10-,13+,14-. The Morgan fingerprint density at radius 2 is 1.15 bits per heavy atom. The topological polar surface area (TPSA) is 47.1 Å². The Hall–Kier alpha value is -1.14. The monoisotopic (exact) mass is 274 g/mol. The van der Waals surface area contributed by atoms with Gasteiger partial charge in [0.2, 0.25) is 11.8 Å². The lowest BCUT2D eigenvalue weighted by Gasteiger charge is -2.33. The number of rotatable bonds is 0. The van der Waals surface area contributed by atoms with Crippen molar-refractivity contribution < 1.29 is 9.59 Å². The number of amides is 2. The lowest BCUT2D eigenvalue weighted by molar-refractivity contribution is -0.143. The van der Waals surface area contributed by atoms with Crippen LogP contribution in [0.5, 0.6) is 0 Å². The molecule has 106 valence electrons. The van der Waals surface area contributed by atoms with Gasteiger partial charge in [-0.05, 0) is 12.8 Å². The van der Waals surface area contributed by atoms with E-state index in [0.29, 0.717) is 60.7 Å². The fourth-order valence-electron chi connectivity index (χ4n) is 6.38. The van der Waals surface area contributed by atoms with Crippen LogP contribution in [0.4, 0.5) is 0 Å². The van der Waals surface area contributed by atoms with Crippen molar-refractivity contribution >= 4 is 11.8 Å². The average molecular weight is 274 g/mol. The van der Waals surface area contributed by atoms with Crippen LogP contribution >= 0.6 is 0 Å². The summed E-state index contributed by atoms with van der Waals surface area (Å²) in [5, 5.41) is 8.90. The van der Waals surface area contributed by atoms with Crippen LogP contribution in [0.25, 0.3) is 0 Å². The van der Waals surface area contributed by atoms with Crippen molar-refractivity contribution in [3.05, 3.63) is 0 Å². The number of hydrazine groups is 2. The third kappa shape index (κ3) is 0.894. The van der Waals surface area contributed by atoms with Gasteiger partial charge in [0, 0.05) is 49.9 Å². The second kappa shape index (κ2) is 3.04. The van der Waals surface area contributed by atoms with Crippen LogP contribution in [0.3, 0.4) is 0 Å². The van der Waals surface area contributed by atoms with Crippen molar-refractivity contribution in [2.24, 2.45) is 11.8 Å². The molecular formula is C14H18N4O2. The van der Waals surface area contributed by atoms with Crippen molar-refractivity contribution in [1.29, 1.82) is 0 Å². The molecule has 4 aliphatic heterocycles. The number of hydrogen-bond donors (Lipinski definition) is 0. The SMILES string of the molecule is O=C1CCN2[C@H]3C[C@@H]4[C@@H]5[C@H]3[C@@H](C[C@@H]5N3C(=O)CCN43)N12. The van der Waals surface area contributed by atoms with Crippen LogP contribution in [0, 0.1) is 11.8 Å². The quantitative estimate of drug-likeness (QED) is 0.593. The van der Waals surface area contributed by atoms with Gasteiger partial charge >= 0.3 is 0 Å². The van der Waals surface area contributed by atoms with Gasteiger partial charge in [-0.25, -0.2) is 10.0 Å². The molecule has 0 aromatic heterocycles. The van der Waals surface area contributed by atoms with Crippen LogP contribution < -0.4 is 0 Å². The predicted molar refractivity (Wildman–Crippen MR) is 67.7 cm³/mol. The number of fused-ring (bicyclic) bond motifs is 6. The van der Waals surface area contributed by atoms with Crippen LogP contribution in [-0.2, 0) is 9.59 Å². The molecule has 4 saturated heterocycles. The van der Waals surface area contributed by atoms with Crippen molar-refractivity contribution in [1.82, 2.24) is 20.0 Å². The summed E-state index contributed by atoms with van der Waals surface area (Å²) < 4.78 is 0. The van der Waals surface area contributed by atoms with E-state index < -0.39 is 0 Å². The summed E-state index contributed by atoms with van der Waals surface area (Å²) in [5.74, 6) is 1.86. The maximum Gasteiger partial charge on any atom is 0.238 e. The molecule has 2 saturated carbocycles. The summed E-state index contributed by atoms with van der Waals surface area (Å²) in [6.45, 7) is 1.84. The molecule has 20 heavy (non-hydrogen) atoms. The van der Waals surface area contributed by atoms with E-state index in [9.17, 15) is 9.59 Å². The van der Waals surface area contributed by atoms with E-state index in [0.717, 1.165) is 25.9 Å². The molecule has 0 aromatic rings. The van der Waals surface area contributed by atoms with Gasteiger partial charge in [0.1, 0.15) is 0 Å². The summed E-state index contributed by atoms with van der Waals surface area (Å²) in [5.41, 5.74) is 0. The summed E-state index contributed by atoms with van der Waals surface area (Å²) in [7, 11) is 0. The fourth-order valence-corrected chi connectivity index (χ4v) is 6.38. The summed E-state index contributed by atoms with van der Waals surface area (Å²) in [6, 6.07) is 1.88. The van der Waals surface area contributed by atoms with E-state index >= 15 is 0 Å². The first-order valence-corrected chi connectivity index (χ1v) is 7.93. The second-order valence-corrected chi connectivity index (χ2v) is 7.20. The molecular weight excluding hydrogens is 256 g/mol. The molecule has 0 spiro atoms. The molecule has 4 heterocycles. The third-order valence-corrected chi connectivity index (χ3v) is 6.76. The van der Waals surface area contributed by atoms with E-state index in [4.69, 9.17) is 0 Å². The van der Waals surface area contributed by atoms with Gasteiger partial charge in [-0.3, -0.25) is 19.6 Å². The normalized spacial score (nSPS) is 52.4. The second-order valence-electron chi connectivity index (χ2n) is 7.20. The Bertz CT molecular complexity index is 505. The van der Waals surface area contributed by atoms with Gasteiger partial charge in [0.15, 0.2) is 0 Å². The highest BCUT2D eigenvalue weighted by molar-refractivity contribution is 5.80. The largest absolute Gasteiger partial charge is 0.273 e. The minimum absolute atomic E-state index is 0.311. The number of carbonyl (C=O) groups excluding carboxylic acids is 2. The molecule has 0 aromatic carbocycles. The number of carbonyl (C=O) groups is 2. The van der Waals surface area contributed by atoms with Gasteiger partial charge in [0.05, 0.1) is 12.1 Å². The van der Waals surface area contributed by atoms with Gasteiger partial charge in [-0.2, -0.15) is 0 Å². The molecule has 2 aliphatic carbocycles. The van der Waals surface area contributed by atoms with E-state index in [1.165, 1.54) is 0 Å². The van der Waals surface area contributed by atoms with Crippen molar-refractivity contribution in [3.8, 4) is 0 Å². The molecule has 2 amide bonds. The smallest absolute Gasteiger partial charge is 0.238 e. The van der Waals surface area contributed by atoms with E-state index in [1.54, 1.807) is 0 Å². The molecule has 6 rings (SSSR count). The zero-order chi connectivity index (χ0) is 13.2. The molecule has 6 aliphatic rings. The molecule has 0 N–H and O–H groups in total. The highest BCUT2D eigenvalue weighted by Gasteiger charge is 2.71. The lowest BCUT2D eigenvalue weighted by atomic mass is 9.93. The van der Waals surface area contributed by atoms with Crippen LogP contribution in [0.2, 0.25) is 0 Å². The molecule has 6 atom stereocenters. The summed E-state index contributed by atoms with van der Waals surface area (Å²) >= 11 is 0. The number of nitrogens with zero attached hydrogens (tertiary/aromatic N) is 4. The maximum atomic E-state index is 12.2. The first-order chi connectivity index (χ1) is 9.75. The minimum atomic E-state index is 0.311. The third-order valence-electron chi connectivity index (χ3n) is 6.76. The Morgan fingerprint density at radius 3 is 1.65 bits per heavy atom. The predicted octanol–water partition coefficient (Wildman–Crippen LogP) is -0.574. The molecule has 6 fully saturated rings. The highest BCUT2D eigenvalue weighted by atomic mass is 16.2. The maximum absolute atomic E-state index is 12.2. The fraction of sp³-hybridized carbons (Fsp3) is 0.857. The van der Waals surface area contributed by atoms with Crippen LogP contribution in [0.1, 0.15) is 25.7 Å². The van der Waals surface area contributed by atoms with Crippen molar-refractivity contribution in [3.63, 3.8) is 0 Å². The Kier molecular flexibility index (Phi) is 1.61. The van der Waals surface area contributed by atoms with Gasteiger partial charge in [-0.1, -0.05) is 0 Å². The van der Waals surface area contributed by atoms with Gasteiger partial charge in [-0.15, -0.1) is 0 Å². The Morgan fingerprint density at radius 1 is 0.700 bits per heavy atom. The van der Waals surface area contributed by atoms with Crippen LogP contribution in [0.15, 0.2) is 0 Å². The summed E-state index contributed by atoms with van der Waals surface area (Å²) in [6.07, 6.45) is 3.53. The molecule has 0 bridgehead atoms. The van der Waals surface area contributed by atoms with E-state index in [1.807, 2.05) is 0 Å². The minimum Gasteiger partial charge on any atom is -0.273 e. The molecule has 0 unspecified atom stereocenters. The Labute approximate surface area is 117 Å². The first kappa shape index (κ1) is 10.6. The zero-order valence-corrected chi connectivity index (χ0v) is 11.3. The summed E-state index contributed by atoms with van der Waals surface area (Å²) in [4.78, 5) is 24.3. The molecule has 6 nitrogen and oxygen atoms in total. The van der Waals surface area contributed by atoms with Gasteiger partial charge in [0.25, 0.3) is 0 Å². The van der Waals surface area contributed by atoms with E-state index in [-0.39, 0.29) is 0 Å². The first-order valence-electron chi connectivity index (χ1n) is 7.93. The Balaban J connectivity index is 1.46. The van der Waals surface area contributed by atoms with Crippen LogP contribution in [-0.4, -0.2) is 69.1 Å². The highest BCUT2D eigenvalue weighted by Crippen LogP contribution is 2.60. The number of hydrogen-bond acceptors (Lipinski definition) is 4.